The fourth-order valence-electron chi connectivity index (χ4n) is 3.35. The molecule has 0 bridgehead atoms. The molecule has 0 N–H and O–H groups in total. The molecule has 5 nitrogen and oxygen atoms in total. The maximum Gasteiger partial charge on any atom is 0.254 e. The van der Waals surface area contributed by atoms with Crippen LogP contribution in [0.15, 0.2) is 71.1 Å². The average Bonchev–Trinajstić information content (AvgIpc) is 3.18. The molecule has 0 unspecified atom stereocenters. The zero-order valence-electron chi connectivity index (χ0n) is 17.9. The van der Waals surface area contributed by atoms with E-state index in [0.717, 1.165) is 17.7 Å². The van der Waals surface area contributed by atoms with E-state index in [1.54, 1.807) is 34.1 Å². The van der Waals surface area contributed by atoms with Gasteiger partial charge in [0.15, 0.2) is 0 Å². The van der Waals surface area contributed by atoms with Crippen LogP contribution in [-0.2, 0) is 17.9 Å². The molecule has 0 aliphatic carbocycles. The van der Waals surface area contributed by atoms with E-state index in [1.807, 2.05) is 56.3 Å². The molecule has 0 spiro atoms. The third-order valence-electron chi connectivity index (χ3n) is 4.91. The zero-order valence-corrected chi connectivity index (χ0v) is 18.6. The van der Waals surface area contributed by atoms with Crippen molar-refractivity contribution in [2.75, 3.05) is 13.1 Å². The summed E-state index contributed by atoms with van der Waals surface area (Å²) < 4.78 is 5.70. The summed E-state index contributed by atoms with van der Waals surface area (Å²) in [6, 6.07) is 20.3. The van der Waals surface area contributed by atoms with Crippen LogP contribution in [-0.4, -0.2) is 34.7 Å². The molecule has 1 heterocycles. The summed E-state index contributed by atoms with van der Waals surface area (Å²) in [6.45, 7) is 5.14. The van der Waals surface area contributed by atoms with Crippen LogP contribution in [0.4, 0.5) is 0 Å². The first-order valence-corrected chi connectivity index (χ1v) is 10.8. The second kappa shape index (κ2) is 10.8. The molecule has 162 valence electrons. The Morgan fingerprint density at radius 1 is 0.903 bits per heavy atom. The highest BCUT2D eigenvalue weighted by atomic mass is 35.5. The minimum atomic E-state index is -0.180. The van der Waals surface area contributed by atoms with Gasteiger partial charge in [-0.15, -0.1) is 0 Å². The summed E-state index contributed by atoms with van der Waals surface area (Å²) in [5.41, 5.74) is 1.53. The molecule has 0 fully saturated rings. The third-order valence-corrected chi connectivity index (χ3v) is 5.16. The molecule has 0 aliphatic heterocycles. The van der Waals surface area contributed by atoms with Gasteiger partial charge in [-0.1, -0.05) is 48.9 Å². The number of carbonyl (C=O) groups excluding carboxylic acids is 2. The predicted molar refractivity (Wildman–Crippen MR) is 122 cm³/mol. The van der Waals surface area contributed by atoms with E-state index in [4.69, 9.17) is 16.0 Å². The molecule has 1 aromatic heterocycles. The van der Waals surface area contributed by atoms with E-state index in [-0.39, 0.29) is 18.4 Å². The maximum atomic E-state index is 13.3. The molecule has 6 heteroatoms. The lowest BCUT2D eigenvalue weighted by Gasteiger charge is -2.27. The molecule has 3 aromatic rings. The molecule has 0 saturated carbocycles. The molecule has 31 heavy (non-hydrogen) atoms. The van der Waals surface area contributed by atoms with Gasteiger partial charge in [-0.3, -0.25) is 9.59 Å². The Balaban J connectivity index is 1.78. The van der Waals surface area contributed by atoms with Gasteiger partial charge in [-0.2, -0.15) is 0 Å². The first-order chi connectivity index (χ1) is 15.0. The lowest BCUT2D eigenvalue weighted by Crippen LogP contribution is -2.42. The van der Waals surface area contributed by atoms with E-state index in [9.17, 15) is 9.59 Å². The van der Waals surface area contributed by atoms with Crippen molar-refractivity contribution in [1.29, 1.82) is 0 Å². The Bertz CT molecular complexity index is 999. The molecular weight excluding hydrogens is 412 g/mol. The van der Waals surface area contributed by atoms with Crippen LogP contribution in [0, 0.1) is 6.92 Å². The van der Waals surface area contributed by atoms with E-state index in [2.05, 4.69) is 0 Å². The molecule has 0 aliphatic rings. The molecular formula is C25H27ClN2O3. The van der Waals surface area contributed by atoms with Gasteiger partial charge in [0.25, 0.3) is 5.91 Å². The summed E-state index contributed by atoms with van der Waals surface area (Å²) in [6.07, 6.45) is 0.753. The zero-order chi connectivity index (χ0) is 22.2. The van der Waals surface area contributed by atoms with Gasteiger partial charge in [-0.05, 0) is 55.3 Å². The minimum absolute atomic E-state index is 0.00181. The summed E-state index contributed by atoms with van der Waals surface area (Å²) in [5, 5.41) is 0.567. The maximum absolute atomic E-state index is 13.3. The number of halogens is 1. The number of amides is 2. The van der Waals surface area contributed by atoms with Crippen LogP contribution >= 0.6 is 11.6 Å². The first-order valence-electron chi connectivity index (χ1n) is 10.4. The second-order valence-electron chi connectivity index (χ2n) is 7.48. The number of furan rings is 1. The van der Waals surface area contributed by atoms with Crippen molar-refractivity contribution in [2.24, 2.45) is 0 Å². The topological polar surface area (TPSA) is 53.8 Å². The number of benzene rings is 2. The highest BCUT2D eigenvalue weighted by Gasteiger charge is 2.23. The Kier molecular flexibility index (Phi) is 7.90. The lowest BCUT2D eigenvalue weighted by molar-refractivity contribution is -0.133. The molecule has 0 saturated heterocycles. The van der Waals surface area contributed by atoms with Crippen molar-refractivity contribution in [3.8, 4) is 0 Å². The molecule has 0 radical (unpaired) electrons. The number of hydrogen-bond donors (Lipinski definition) is 0. The van der Waals surface area contributed by atoms with Crippen molar-refractivity contribution in [3.05, 3.63) is 94.4 Å². The normalized spacial score (nSPS) is 10.7. The van der Waals surface area contributed by atoms with Gasteiger partial charge in [0, 0.05) is 23.7 Å². The van der Waals surface area contributed by atoms with Crippen molar-refractivity contribution < 1.29 is 14.0 Å². The predicted octanol–water partition coefficient (Wildman–Crippen LogP) is 5.32. The Labute approximate surface area is 188 Å². The van der Waals surface area contributed by atoms with Gasteiger partial charge in [0.1, 0.15) is 18.1 Å². The number of rotatable bonds is 9. The largest absolute Gasteiger partial charge is 0.464 e. The van der Waals surface area contributed by atoms with Gasteiger partial charge in [0.2, 0.25) is 5.91 Å². The molecule has 2 amide bonds. The monoisotopic (exact) mass is 438 g/mol. The van der Waals surface area contributed by atoms with Crippen molar-refractivity contribution >= 4 is 23.4 Å². The fourth-order valence-corrected chi connectivity index (χ4v) is 3.48. The fraction of sp³-hybridized carbons (Fsp3) is 0.280. The summed E-state index contributed by atoms with van der Waals surface area (Å²) in [4.78, 5) is 29.6. The first kappa shape index (κ1) is 22.6. The quantitative estimate of drug-likeness (QED) is 0.454. The van der Waals surface area contributed by atoms with Gasteiger partial charge < -0.3 is 14.2 Å². The Morgan fingerprint density at radius 2 is 1.61 bits per heavy atom. The summed E-state index contributed by atoms with van der Waals surface area (Å²) in [5.74, 6) is 1.20. The van der Waals surface area contributed by atoms with E-state index in [1.165, 1.54) is 0 Å². The number of aryl methyl sites for hydroxylation is 1. The van der Waals surface area contributed by atoms with Crippen LogP contribution in [0.3, 0.4) is 0 Å². The van der Waals surface area contributed by atoms with E-state index in [0.29, 0.717) is 36.0 Å². The molecule has 0 atom stereocenters. The Hall–Kier alpha value is -3.05. The highest BCUT2D eigenvalue weighted by Crippen LogP contribution is 2.15. The minimum Gasteiger partial charge on any atom is -0.464 e. The van der Waals surface area contributed by atoms with E-state index < -0.39 is 0 Å². The standard InChI is InChI=1S/C25H27ClN2O3/c1-3-15-27(25(30)21-10-12-22(26)13-11-21)18-24(29)28(16-20-7-5-4-6-8-20)17-23-14-9-19(2)31-23/h4-14H,3,15-18H2,1-2H3. The van der Waals surface area contributed by atoms with Gasteiger partial charge in [0.05, 0.1) is 6.54 Å². The Morgan fingerprint density at radius 3 is 2.23 bits per heavy atom. The van der Waals surface area contributed by atoms with Crippen molar-refractivity contribution in [2.45, 2.75) is 33.4 Å². The van der Waals surface area contributed by atoms with Crippen molar-refractivity contribution in [3.63, 3.8) is 0 Å². The highest BCUT2D eigenvalue weighted by molar-refractivity contribution is 6.30. The number of carbonyl (C=O) groups is 2. The van der Waals surface area contributed by atoms with Crippen LogP contribution in [0.1, 0.15) is 40.8 Å². The van der Waals surface area contributed by atoms with Crippen LogP contribution < -0.4 is 0 Å². The molecule has 3 rings (SSSR count). The molecule has 2 aromatic carbocycles. The van der Waals surface area contributed by atoms with Gasteiger partial charge >= 0.3 is 0 Å². The summed E-state index contributed by atoms with van der Waals surface area (Å²) in [7, 11) is 0. The summed E-state index contributed by atoms with van der Waals surface area (Å²) >= 11 is 5.94. The van der Waals surface area contributed by atoms with Crippen molar-refractivity contribution in [1.82, 2.24) is 9.80 Å². The smallest absolute Gasteiger partial charge is 0.254 e. The van der Waals surface area contributed by atoms with E-state index >= 15 is 0 Å². The number of hydrogen-bond acceptors (Lipinski definition) is 3. The second-order valence-corrected chi connectivity index (χ2v) is 7.92. The third kappa shape index (κ3) is 6.46. The number of nitrogens with zero attached hydrogens (tertiary/aromatic N) is 2. The van der Waals surface area contributed by atoms with Crippen LogP contribution in [0.25, 0.3) is 0 Å². The SMILES string of the molecule is CCCN(CC(=O)N(Cc1ccccc1)Cc1ccc(C)o1)C(=O)c1ccc(Cl)cc1. The lowest BCUT2D eigenvalue weighted by atomic mass is 10.2. The van der Waals surface area contributed by atoms with Crippen LogP contribution in [0.5, 0.6) is 0 Å². The van der Waals surface area contributed by atoms with Crippen LogP contribution in [0.2, 0.25) is 5.02 Å². The van der Waals surface area contributed by atoms with Gasteiger partial charge in [-0.25, -0.2) is 0 Å². The average molecular weight is 439 g/mol.